The van der Waals surface area contributed by atoms with Crippen LogP contribution in [0.5, 0.6) is 0 Å². The van der Waals surface area contributed by atoms with E-state index in [1.165, 1.54) is 5.56 Å². The summed E-state index contributed by atoms with van der Waals surface area (Å²) in [7, 11) is 1.17. The van der Waals surface area contributed by atoms with Crippen molar-refractivity contribution in [2.75, 3.05) is 25.0 Å². The molecule has 0 radical (unpaired) electrons. The first kappa shape index (κ1) is 15.9. The summed E-state index contributed by atoms with van der Waals surface area (Å²) in [6.07, 6.45) is 2.06. The molecule has 2 rings (SSSR count). The Kier molecular flexibility index (Phi) is 5.25. The molecule has 1 aromatic carbocycles. The molecule has 0 aromatic heterocycles. The molecule has 2 amide bonds. The van der Waals surface area contributed by atoms with Gasteiger partial charge in [-0.2, -0.15) is 0 Å². The molecule has 6 heteroatoms. The zero-order chi connectivity index (χ0) is 15.4. The molecular weight excluding hydrogens is 265 g/mol. The van der Waals surface area contributed by atoms with E-state index in [-0.39, 0.29) is 12.1 Å². The number of amides is 2. The number of rotatable bonds is 4. The molecule has 0 saturated carbocycles. The molecule has 5 nitrogen and oxygen atoms in total. The molecule has 2 N–H and O–H groups in total. The highest BCUT2D eigenvalue weighted by molar-refractivity contribution is 6.45. The van der Waals surface area contributed by atoms with E-state index in [9.17, 15) is 9.82 Å². The lowest BCUT2D eigenvalue weighted by Crippen LogP contribution is -2.50. The van der Waals surface area contributed by atoms with Crippen molar-refractivity contribution in [2.24, 2.45) is 0 Å². The van der Waals surface area contributed by atoms with Crippen LogP contribution >= 0.6 is 0 Å². The molecule has 1 aliphatic heterocycles. The quantitative estimate of drug-likeness (QED) is 0.830. The molecule has 0 spiro atoms. The fourth-order valence-corrected chi connectivity index (χ4v) is 2.92. The van der Waals surface area contributed by atoms with E-state index in [1.807, 2.05) is 31.2 Å². The minimum Gasteiger partial charge on any atom is -0.437 e. The van der Waals surface area contributed by atoms with Gasteiger partial charge in [-0.25, -0.2) is 4.79 Å². The predicted molar refractivity (Wildman–Crippen MR) is 86.5 cm³/mol. The summed E-state index contributed by atoms with van der Waals surface area (Å²) in [5.41, 5.74) is 2.06. The van der Waals surface area contributed by atoms with Crippen LogP contribution in [-0.2, 0) is 0 Å². The molecule has 1 unspecified atom stereocenters. The second kappa shape index (κ2) is 6.96. The van der Waals surface area contributed by atoms with Crippen LogP contribution < -0.4 is 10.2 Å². The Morgan fingerprint density at radius 3 is 2.71 bits per heavy atom. The lowest BCUT2D eigenvalue weighted by atomic mass is 9.84. The first-order valence-electron chi connectivity index (χ1n) is 7.52. The molecule has 1 atom stereocenters. The van der Waals surface area contributed by atoms with Gasteiger partial charge in [0, 0.05) is 25.3 Å². The zero-order valence-electron chi connectivity index (χ0n) is 13.0. The van der Waals surface area contributed by atoms with Crippen LogP contribution in [0.2, 0.25) is 6.82 Å². The lowest BCUT2D eigenvalue weighted by Gasteiger charge is -2.31. The Hall–Kier alpha value is -1.53. The number of nitrogens with one attached hydrogen (secondary N) is 1. The largest absolute Gasteiger partial charge is 0.437 e. The summed E-state index contributed by atoms with van der Waals surface area (Å²) in [6, 6.07) is 8.02. The Bertz CT molecular complexity index is 478. The second-order valence-electron chi connectivity index (χ2n) is 5.67. The Labute approximate surface area is 127 Å². The van der Waals surface area contributed by atoms with Gasteiger partial charge in [-0.3, -0.25) is 4.90 Å². The smallest absolute Gasteiger partial charge is 0.376 e. The molecule has 1 saturated heterocycles. The number of urea groups is 1. The maximum absolute atomic E-state index is 12.2. The highest BCUT2D eigenvalue weighted by atomic mass is 16.2. The molecule has 1 aliphatic rings. The highest BCUT2D eigenvalue weighted by Crippen LogP contribution is 2.22. The van der Waals surface area contributed by atoms with Gasteiger partial charge in [0.05, 0.1) is 0 Å². The third-order valence-corrected chi connectivity index (χ3v) is 4.10. The number of anilines is 1. The minimum absolute atomic E-state index is 0.115. The van der Waals surface area contributed by atoms with E-state index < -0.39 is 7.05 Å². The van der Waals surface area contributed by atoms with Crippen LogP contribution in [0.15, 0.2) is 24.3 Å². The second-order valence-corrected chi connectivity index (χ2v) is 5.67. The summed E-state index contributed by atoms with van der Waals surface area (Å²) in [4.78, 5) is 16.0. The number of aryl methyl sites for hydroxylation is 1. The van der Waals surface area contributed by atoms with Gasteiger partial charge in [0.15, 0.2) is 0 Å². The SMILES string of the molecule is CNC(=O)N(CC1CCCN1B(C)O)c1ccc(C)cc1. The number of hydrogen-bond donors (Lipinski definition) is 2. The van der Waals surface area contributed by atoms with Gasteiger partial charge in [0.25, 0.3) is 0 Å². The summed E-state index contributed by atoms with van der Waals surface area (Å²) >= 11 is 0. The van der Waals surface area contributed by atoms with Gasteiger partial charge < -0.3 is 15.2 Å². The fraction of sp³-hybridized carbons (Fsp3) is 0.533. The normalized spacial score (nSPS) is 18.6. The van der Waals surface area contributed by atoms with Gasteiger partial charge >= 0.3 is 13.1 Å². The van der Waals surface area contributed by atoms with E-state index >= 15 is 0 Å². The summed E-state index contributed by atoms with van der Waals surface area (Å²) in [6.45, 7) is 5.29. The van der Waals surface area contributed by atoms with E-state index in [0.717, 1.165) is 25.1 Å². The van der Waals surface area contributed by atoms with Crippen LogP contribution in [0.4, 0.5) is 10.5 Å². The van der Waals surface area contributed by atoms with Gasteiger partial charge in [0.1, 0.15) is 0 Å². The Morgan fingerprint density at radius 1 is 1.48 bits per heavy atom. The monoisotopic (exact) mass is 289 g/mol. The fourth-order valence-electron chi connectivity index (χ4n) is 2.92. The van der Waals surface area contributed by atoms with Crippen molar-refractivity contribution >= 4 is 18.8 Å². The summed E-state index contributed by atoms with van der Waals surface area (Å²) < 4.78 is 0. The van der Waals surface area contributed by atoms with Crippen molar-refractivity contribution in [3.05, 3.63) is 29.8 Å². The van der Waals surface area contributed by atoms with Crippen LogP contribution in [0.25, 0.3) is 0 Å². The van der Waals surface area contributed by atoms with Crippen molar-refractivity contribution in [1.82, 2.24) is 10.1 Å². The van der Waals surface area contributed by atoms with E-state index in [1.54, 1.807) is 18.8 Å². The highest BCUT2D eigenvalue weighted by Gasteiger charge is 2.32. The van der Waals surface area contributed by atoms with Gasteiger partial charge in [0.2, 0.25) is 0 Å². The molecule has 1 fully saturated rings. The van der Waals surface area contributed by atoms with E-state index in [2.05, 4.69) is 10.1 Å². The van der Waals surface area contributed by atoms with Crippen LogP contribution in [0.1, 0.15) is 18.4 Å². The van der Waals surface area contributed by atoms with E-state index in [4.69, 9.17) is 0 Å². The molecule has 0 aliphatic carbocycles. The minimum atomic E-state index is -0.470. The molecule has 0 bridgehead atoms. The lowest BCUT2D eigenvalue weighted by molar-refractivity contribution is 0.245. The van der Waals surface area contributed by atoms with Crippen LogP contribution in [0.3, 0.4) is 0 Å². The molecular formula is C15H24BN3O2. The number of hydrogen-bond acceptors (Lipinski definition) is 3. The molecule has 1 aromatic rings. The number of benzene rings is 1. The number of carbonyl (C=O) groups excluding carboxylic acids is 1. The van der Waals surface area contributed by atoms with Crippen molar-refractivity contribution in [3.8, 4) is 0 Å². The van der Waals surface area contributed by atoms with Crippen LogP contribution in [-0.4, -0.2) is 49.1 Å². The van der Waals surface area contributed by atoms with Gasteiger partial charge in [-0.05, 0) is 45.3 Å². The first-order chi connectivity index (χ1) is 10.0. The molecule has 114 valence electrons. The van der Waals surface area contributed by atoms with Crippen molar-refractivity contribution in [2.45, 2.75) is 32.6 Å². The van der Waals surface area contributed by atoms with Crippen molar-refractivity contribution in [1.29, 1.82) is 0 Å². The predicted octanol–water partition coefficient (Wildman–Crippen LogP) is 1.72. The van der Waals surface area contributed by atoms with Crippen molar-refractivity contribution in [3.63, 3.8) is 0 Å². The van der Waals surface area contributed by atoms with Gasteiger partial charge in [-0.15, -0.1) is 0 Å². The average Bonchev–Trinajstić information content (AvgIpc) is 2.93. The summed E-state index contributed by atoms with van der Waals surface area (Å²) in [5, 5.41) is 12.5. The third kappa shape index (κ3) is 3.77. The Morgan fingerprint density at radius 2 is 2.14 bits per heavy atom. The van der Waals surface area contributed by atoms with Crippen LogP contribution in [0, 0.1) is 6.92 Å². The molecule has 21 heavy (non-hydrogen) atoms. The van der Waals surface area contributed by atoms with Crippen molar-refractivity contribution < 1.29 is 9.82 Å². The average molecular weight is 289 g/mol. The topological polar surface area (TPSA) is 55.8 Å². The standard InChI is InChI=1S/C15H24BN3O2/c1-12-6-8-13(9-7-12)18(15(20)17-3)11-14-5-4-10-19(14)16(2)21/h6-9,14,21H,4-5,10-11H2,1-3H3,(H,17,20). The number of nitrogens with zero attached hydrogens (tertiary/aromatic N) is 2. The third-order valence-electron chi connectivity index (χ3n) is 4.10. The van der Waals surface area contributed by atoms with Gasteiger partial charge in [-0.1, -0.05) is 17.7 Å². The first-order valence-corrected chi connectivity index (χ1v) is 7.52. The molecule has 1 heterocycles. The summed E-state index contributed by atoms with van der Waals surface area (Å²) in [5.74, 6) is 0. The maximum Gasteiger partial charge on any atom is 0.376 e. The number of carbonyl (C=O) groups is 1. The van der Waals surface area contributed by atoms with E-state index in [0.29, 0.717) is 6.54 Å². The maximum atomic E-state index is 12.2. The zero-order valence-corrected chi connectivity index (χ0v) is 13.0. The Balaban J connectivity index is 2.17.